The molecule has 1 saturated carbocycles. The number of nitrogens with zero attached hydrogens (tertiary/aromatic N) is 5. The number of anilines is 2. The Morgan fingerprint density at radius 1 is 1.19 bits per heavy atom. The van der Waals surface area contributed by atoms with Crippen LogP contribution >= 0.6 is 0 Å². The highest BCUT2D eigenvalue weighted by atomic mass is 16.5. The number of aryl methyl sites for hydroxylation is 1. The molecular formula is C26H34N6O4. The molecule has 0 amide bonds. The molecule has 0 bridgehead atoms. The number of hydrogen-bond acceptors (Lipinski definition) is 10. The van der Waals surface area contributed by atoms with Crippen LogP contribution in [0.3, 0.4) is 0 Å². The molecule has 1 aliphatic heterocycles. The highest BCUT2D eigenvalue weighted by Gasteiger charge is 2.25. The fourth-order valence-corrected chi connectivity index (χ4v) is 4.60. The van der Waals surface area contributed by atoms with E-state index >= 15 is 0 Å². The molecular weight excluding hydrogens is 460 g/mol. The molecule has 36 heavy (non-hydrogen) atoms. The molecule has 10 nitrogen and oxygen atoms in total. The minimum atomic E-state index is -0.474. The molecule has 2 aliphatic rings. The van der Waals surface area contributed by atoms with Crippen molar-refractivity contribution in [3.05, 3.63) is 29.6 Å². The Hall–Kier alpha value is -3.53. The van der Waals surface area contributed by atoms with Crippen LogP contribution in [0.4, 0.5) is 23.0 Å². The van der Waals surface area contributed by atoms with Crippen LogP contribution in [0.5, 0.6) is 5.75 Å². The third kappa shape index (κ3) is 6.17. The van der Waals surface area contributed by atoms with Crippen LogP contribution in [0.2, 0.25) is 0 Å². The summed E-state index contributed by atoms with van der Waals surface area (Å²) in [5, 5.41) is 3.37. The van der Waals surface area contributed by atoms with Crippen LogP contribution in [0, 0.1) is 6.92 Å². The molecule has 1 aromatic carbocycles. The zero-order chi connectivity index (χ0) is 25.5. The molecule has 1 aromatic heterocycles. The minimum Gasteiger partial charge on any atom is -0.488 e. The van der Waals surface area contributed by atoms with Gasteiger partial charge < -0.3 is 24.4 Å². The molecule has 2 heterocycles. The maximum absolute atomic E-state index is 11.9. The standard InChI is InChI=1S/C26H34N6O4/c1-5-28-21-15-19(32-10-12-35-13-11-32)16-23(24(21)27-3)36-20-8-6-18(7-9-20)30-26-29-17(2)14-22(31-26)25(33)34-4/h5,14-16,18,20H,3,6-13H2,1-2,4H3,(H,29,30,31). The first-order chi connectivity index (χ1) is 17.5. The molecule has 0 atom stereocenters. The van der Waals surface area contributed by atoms with Gasteiger partial charge in [-0.3, -0.25) is 9.98 Å². The average Bonchev–Trinajstić information content (AvgIpc) is 2.89. The number of aliphatic imine (C=N–C) groups is 2. The number of carbonyl (C=O) groups excluding carboxylic acids is 1. The Morgan fingerprint density at radius 3 is 2.61 bits per heavy atom. The summed E-state index contributed by atoms with van der Waals surface area (Å²) < 4.78 is 16.8. The lowest BCUT2D eigenvalue weighted by molar-refractivity contribution is 0.0593. The summed E-state index contributed by atoms with van der Waals surface area (Å²) in [5.41, 5.74) is 3.42. The van der Waals surface area contributed by atoms with E-state index in [0.717, 1.165) is 50.1 Å². The molecule has 1 saturated heterocycles. The van der Waals surface area contributed by atoms with Gasteiger partial charge in [0.2, 0.25) is 5.95 Å². The van der Waals surface area contributed by atoms with Gasteiger partial charge in [0.15, 0.2) is 5.69 Å². The monoisotopic (exact) mass is 494 g/mol. The molecule has 0 unspecified atom stereocenters. The van der Waals surface area contributed by atoms with Gasteiger partial charge in [0, 0.05) is 42.8 Å². The summed E-state index contributed by atoms with van der Waals surface area (Å²) >= 11 is 0. The summed E-state index contributed by atoms with van der Waals surface area (Å²) in [6.45, 7) is 10.5. The number of carbonyl (C=O) groups is 1. The van der Waals surface area contributed by atoms with Gasteiger partial charge in [-0.2, -0.15) is 0 Å². The van der Waals surface area contributed by atoms with Crippen LogP contribution in [0.15, 0.2) is 28.2 Å². The smallest absolute Gasteiger partial charge is 0.356 e. The van der Waals surface area contributed by atoms with Gasteiger partial charge in [0.05, 0.1) is 32.1 Å². The molecule has 0 spiro atoms. The molecule has 1 aliphatic carbocycles. The topological polar surface area (TPSA) is 111 Å². The summed E-state index contributed by atoms with van der Waals surface area (Å²) in [7, 11) is 1.34. The second kappa shape index (κ2) is 11.9. The Kier molecular flexibility index (Phi) is 8.48. The molecule has 2 fully saturated rings. The van der Waals surface area contributed by atoms with E-state index in [1.54, 1.807) is 12.3 Å². The van der Waals surface area contributed by atoms with Crippen molar-refractivity contribution in [2.45, 2.75) is 51.7 Å². The van der Waals surface area contributed by atoms with Crippen LogP contribution in [-0.4, -0.2) is 74.4 Å². The lowest BCUT2D eigenvalue weighted by Gasteiger charge is -2.32. The Bertz CT molecular complexity index is 1110. The van der Waals surface area contributed by atoms with Crippen LogP contribution in [-0.2, 0) is 9.47 Å². The third-order valence-electron chi connectivity index (χ3n) is 6.39. The van der Waals surface area contributed by atoms with E-state index in [2.05, 4.69) is 36.9 Å². The number of morpholine rings is 1. The van der Waals surface area contributed by atoms with E-state index in [4.69, 9.17) is 14.2 Å². The van der Waals surface area contributed by atoms with E-state index in [9.17, 15) is 4.79 Å². The molecule has 0 radical (unpaired) electrons. The van der Waals surface area contributed by atoms with Gasteiger partial charge in [0.25, 0.3) is 0 Å². The van der Waals surface area contributed by atoms with Gasteiger partial charge in [0.1, 0.15) is 11.4 Å². The lowest BCUT2D eigenvalue weighted by atomic mass is 9.93. The number of aromatic nitrogens is 2. The van der Waals surface area contributed by atoms with Crippen molar-refractivity contribution in [3.63, 3.8) is 0 Å². The fraction of sp³-hybridized carbons (Fsp3) is 0.500. The van der Waals surface area contributed by atoms with Crippen molar-refractivity contribution >= 4 is 41.9 Å². The van der Waals surface area contributed by atoms with Gasteiger partial charge in [-0.05, 0) is 58.4 Å². The number of methoxy groups -OCH3 is 1. The molecule has 192 valence electrons. The average molecular weight is 495 g/mol. The molecule has 4 rings (SSSR count). The second-order valence-corrected chi connectivity index (χ2v) is 8.90. The largest absolute Gasteiger partial charge is 0.488 e. The van der Waals surface area contributed by atoms with Crippen molar-refractivity contribution in [1.82, 2.24) is 9.97 Å². The molecule has 1 N–H and O–H groups in total. The predicted octanol–water partition coefficient (Wildman–Crippen LogP) is 4.26. The van der Waals surface area contributed by atoms with Crippen LogP contribution < -0.4 is 15.0 Å². The lowest BCUT2D eigenvalue weighted by Crippen LogP contribution is -2.36. The maximum atomic E-state index is 11.9. The van der Waals surface area contributed by atoms with Crippen molar-refractivity contribution in [1.29, 1.82) is 0 Å². The van der Waals surface area contributed by atoms with Gasteiger partial charge in [-0.1, -0.05) is 0 Å². The first-order valence-corrected chi connectivity index (χ1v) is 12.3. The number of rotatable bonds is 8. The first-order valence-electron chi connectivity index (χ1n) is 12.3. The fourth-order valence-electron chi connectivity index (χ4n) is 4.60. The summed E-state index contributed by atoms with van der Waals surface area (Å²) in [5.74, 6) is 0.673. The number of hydrogen-bond donors (Lipinski definition) is 1. The molecule has 2 aromatic rings. The highest BCUT2D eigenvalue weighted by molar-refractivity contribution is 5.87. The van der Waals surface area contributed by atoms with E-state index in [1.165, 1.54) is 7.11 Å². The summed E-state index contributed by atoms with van der Waals surface area (Å²) in [6.07, 6.45) is 5.29. The van der Waals surface area contributed by atoms with E-state index in [0.29, 0.717) is 36.3 Å². The number of ether oxygens (including phenoxy) is 3. The van der Waals surface area contributed by atoms with Gasteiger partial charge in [-0.25, -0.2) is 14.8 Å². The van der Waals surface area contributed by atoms with Crippen molar-refractivity contribution in [2.24, 2.45) is 9.98 Å². The van der Waals surface area contributed by atoms with Crippen molar-refractivity contribution in [3.8, 4) is 5.75 Å². The van der Waals surface area contributed by atoms with Crippen LogP contribution in [0.25, 0.3) is 0 Å². The van der Waals surface area contributed by atoms with E-state index in [1.807, 2.05) is 26.0 Å². The highest BCUT2D eigenvalue weighted by Crippen LogP contribution is 2.43. The quantitative estimate of drug-likeness (QED) is 0.428. The Labute approximate surface area is 211 Å². The normalized spacial score (nSPS) is 20.2. The van der Waals surface area contributed by atoms with E-state index in [-0.39, 0.29) is 17.8 Å². The van der Waals surface area contributed by atoms with Gasteiger partial charge in [-0.15, -0.1) is 0 Å². The zero-order valence-electron chi connectivity index (χ0n) is 21.2. The second-order valence-electron chi connectivity index (χ2n) is 8.90. The van der Waals surface area contributed by atoms with E-state index < -0.39 is 5.97 Å². The number of benzene rings is 1. The SMILES string of the molecule is C=Nc1c(N=CC)cc(N2CCOCC2)cc1OC1CCC(Nc2nc(C)cc(C(=O)OC)n2)CC1. The molecule has 10 heteroatoms. The van der Waals surface area contributed by atoms with Crippen molar-refractivity contribution < 1.29 is 19.0 Å². The third-order valence-corrected chi connectivity index (χ3v) is 6.39. The first kappa shape index (κ1) is 25.6. The summed E-state index contributed by atoms with van der Waals surface area (Å²) in [4.78, 5) is 31.7. The van der Waals surface area contributed by atoms with Crippen LogP contribution in [0.1, 0.15) is 48.8 Å². The number of esters is 1. The summed E-state index contributed by atoms with van der Waals surface area (Å²) in [6, 6.07) is 5.89. The van der Waals surface area contributed by atoms with Gasteiger partial charge >= 0.3 is 5.97 Å². The zero-order valence-corrected chi connectivity index (χ0v) is 21.2. The Morgan fingerprint density at radius 2 is 1.94 bits per heavy atom. The number of nitrogens with one attached hydrogen (secondary N) is 1. The maximum Gasteiger partial charge on any atom is 0.356 e. The van der Waals surface area contributed by atoms with Crippen molar-refractivity contribution in [2.75, 3.05) is 43.6 Å². The minimum absolute atomic E-state index is 0.0472. The predicted molar refractivity (Wildman–Crippen MR) is 141 cm³/mol. The Balaban J connectivity index is 1.44.